The van der Waals surface area contributed by atoms with Crippen molar-refractivity contribution in [3.63, 3.8) is 0 Å². The second-order valence-electron chi connectivity index (χ2n) is 8.21. The molecule has 0 radical (unpaired) electrons. The van der Waals surface area contributed by atoms with Gasteiger partial charge in [-0.25, -0.2) is 0 Å². The highest BCUT2D eigenvalue weighted by Gasteiger charge is 2.57. The molecule has 0 saturated carbocycles. The van der Waals surface area contributed by atoms with E-state index in [0.717, 1.165) is 5.56 Å². The van der Waals surface area contributed by atoms with Crippen LogP contribution in [0.25, 0.3) is 0 Å². The Balaban J connectivity index is 2.49. The molecule has 0 N–H and O–H groups in total. The molecule has 0 aromatic heterocycles. The molecular weight excluding hydrogens is 330 g/mol. The number of likely N-dealkylation sites (tertiary alicyclic amines) is 1. The van der Waals surface area contributed by atoms with E-state index in [4.69, 9.17) is 4.74 Å². The van der Waals surface area contributed by atoms with Crippen molar-refractivity contribution in [3.05, 3.63) is 35.9 Å². The van der Waals surface area contributed by atoms with Crippen LogP contribution in [-0.2, 0) is 24.5 Å². The van der Waals surface area contributed by atoms with Crippen LogP contribution in [0.3, 0.4) is 0 Å². The van der Waals surface area contributed by atoms with E-state index in [2.05, 4.69) is 0 Å². The zero-order valence-electron chi connectivity index (χ0n) is 16.6. The molecule has 1 atom stereocenters. The van der Waals surface area contributed by atoms with E-state index in [9.17, 15) is 14.4 Å². The van der Waals surface area contributed by atoms with Gasteiger partial charge in [-0.15, -0.1) is 0 Å². The summed E-state index contributed by atoms with van der Waals surface area (Å²) < 4.78 is 4.97. The van der Waals surface area contributed by atoms with E-state index in [0.29, 0.717) is 13.0 Å². The van der Waals surface area contributed by atoms with E-state index < -0.39 is 16.4 Å². The summed E-state index contributed by atoms with van der Waals surface area (Å²) in [6.45, 7) is 9.37. The van der Waals surface area contributed by atoms with Crippen molar-refractivity contribution in [2.45, 2.75) is 58.4 Å². The Labute approximate surface area is 155 Å². The first-order chi connectivity index (χ1) is 12.0. The number of Topliss-reactive ketones (excluding diaryl/α,β-unsaturated/α-hetero) is 1. The van der Waals surface area contributed by atoms with Gasteiger partial charge in [0.05, 0.1) is 23.5 Å². The monoisotopic (exact) mass is 359 g/mol. The number of carbonyl (C=O) groups is 3. The smallest absolute Gasteiger partial charge is 0.313 e. The molecule has 1 aromatic rings. The summed E-state index contributed by atoms with van der Waals surface area (Å²) in [4.78, 5) is 39.7. The first-order valence-electron chi connectivity index (χ1n) is 8.96. The largest absolute Gasteiger partial charge is 0.469 e. The van der Waals surface area contributed by atoms with Crippen LogP contribution in [0.15, 0.2) is 30.3 Å². The van der Waals surface area contributed by atoms with E-state index in [1.165, 1.54) is 14.0 Å². The van der Waals surface area contributed by atoms with Crippen molar-refractivity contribution >= 4 is 17.7 Å². The maximum Gasteiger partial charge on any atom is 0.313 e. The number of rotatable bonds is 6. The molecule has 0 spiro atoms. The van der Waals surface area contributed by atoms with E-state index in [1.54, 1.807) is 18.7 Å². The fraction of sp³-hybridized carbons (Fsp3) is 0.571. The highest BCUT2D eigenvalue weighted by molar-refractivity contribution is 5.96. The Morgan fingerprint density at radius 3 is 2.23 bits per heavy atom. The normalized spacial score (nSPS) is 21.0. The Hall–Kier alpha value is -2.17. The number of carbonyl (C=O) groups excluding carboxylic acids is 3. The van der Waals surface area contributed by atoms with Crippen molar-refractivity contribution in [2.24, 2.45) is 5.41 Å². The molecule has 0 bridgehead atoms. The summed E-state index contributed by atoms with van der Waals surface area (Å²) in [6, 6.07) is 9.48. The molecule has 1 aliphatic heterocycles. The van der Waals surface area contributed by atoms with Crippen molar-refractivity contribution in [1.82, 2.24) is 4.90 Å². The number of hydrogen-bond donors (Lipinski definition) is 0. The Bertz CT molecular complexity index is 708. The van der Waals surface area contributed by atoms with Gasteiger partial charge in [-0.3, -0.25) is 14.4 Å². The second kappa shape index (κ2) is 6.86. The van der Waals surface area contributed by atoms with E-state index >= 15 is 0 Å². The lowest BCUT2D eigenvalue weighted by molar-refractivity contribution is -0.162. The van der Waals surface area contributed by atoms with Gasteiger partial charge in [0.15, 0.2) is 0 Å². The number of benzene rings is 1. The van der Waals surface area contributed by atoms with Gasteiger partial charge in [0, 0.05) is 13.0 Å². The van der Waals surface area contributed by atoms with Crippen molar-refractivity contribution in [3.8, 4) is 0 Å². The number of amides is 1. The molecule has 142 valence electrons. The molecule has 1 aromatic carbocycles. The molecular formula is C21H29NO4. The molecule has 1 saturated heterocycles. The number of ether oxygens (including phenoxy) is 1. The first kappa shape index (κ1) is 20.1. The second-order valence-corrected chi connectivity index (χ2v) is 8.21. The summed E-state index contributed by atoms with van der Waals surface area (Å²) in [5.41, 5.74) is -1.66. The first-order valence-corrected chi connectivity index (χ1v) is 8.96. The lowest BCUT2D eigenvalue weighted by Gasteiger charge is -2.46. The lowest BCUT2D eigenvalue weighted by atomic mass is 9.72. The third kappa shape index (κ3) is 3.04. The molecule has 1 amide bonds. The Morgan fingerprint density at radius 2 is 1.73 bits per heavy atom. The summed E-state index contributed by atoms with van der Waals surface area (Å²) in [5, 5.41) is 0. The van der Waals surface area contributed by atoms with Crippen LogP contribution >= 0.6 is 0 Å². The molecule has 1 unspecified atom stereocenters. The third-order valence-electron chi connectivity index (χ3n) is 6.19. The minimum Gasteiger partial charge on any atom is -0.469 e. The van der Waals surface area contributed by atoms with Gasteiger partial charge in [0.1, 0.15) is 5.78 Å². The van der Waals surface area contributed by atoms with Gasteiger partial charge in [-0.1, -0.05) is 30.3 Å². The molecule has 26 heavy (non-hydrogen) atoms. The fourth-order valence-electron chi connectivity index (χ4n) is 3.86. The minimum absolute atomic E-state index is 0.0194. The van der Waals surface area contributed by atoms with Crippen LogP contribution in [0.2, 0.25) is 0 Å². The summed E-state index contributed by atoms with van der Waals surface area (Å²) >= 11 is 0. The highest BCUT2D eigenvalue weighted by atomic mass is 16.5. The number of nitrogens with zero attached hydrogens (tertiary/aromatic N) is 1. The average Bonchev–Trinajstić information content (AvgIpc) is 2.92. The van der Waals surface area contributed by atoms with Crippen LogP contribution in [-0.4, -0.2) is 41.8 Å². The van der Waals surface area contributed by atoms with Gasteiger partial charge in [-0.05, 0) is 46.6 Å². The Kier molecular flexibility index (Phi) is 5.31. The van der Waals surface area contributed by atoms with E-state index in [-0.39, 0.29) is 24.1 Å². The standard InChI is InChI=1S/C21H29NO4/c1-15(23)14-21(16-10-8-7-9-11-16)12-13-22(17(21)24)20(4,5)19(2,3)18(25)26-6/h7-11H,12-14H2,1-6H3. The van der Waals surface area contributed by atoms with Crippen LogP contribution in [0.5, 0.6) is 0 Å². The van der Waals surface area contributed by atoms with Gasteiger partial charge in [0.25, 0.3) is 0 Å². The predicted molar refractivity (Wildman–Crippen MR) is 99.6 cm³/mol. The van der Waals surface area contributed by atoms with Crippen LogP contribution in [0.4, 0.5) is 0 Å². The van der Waals surface area contributed by atoms with Gasteiger partial charge in [0.2, 0.25) is 5.91 Å². The van der Waals surface area contributed by atoms with Gasteiger partial charge >= 0.3 is 5.97 Å². The van der Waals surface area contributed by atoms with Crippen LogP contribution < -0.4 is 0 Å². The molecule has 5 nitrogen and oxygen atoms in total. The fourth-order valence-corrected chi connectivity index (χ4v) is 3.86. The summed E-state index contributed by atoms with van der Waals surface area (Å²) in [6.07, 6.45) is 0.719. The maximum absolute atomic E-state index is 13.6. The topological polar surface area (TPSA) is 63.7 Å². The zero-order valence-corrected chi connectivity index (χ0v) is 16.6. The average molecular weight is 359 g/mol. The van der Waals surface area contributed by atoms with Gasteiger partial charge < -0.3 is 9.64 Å². The highest BCUT2D eigenvalue weighted by Crippen LogP contribution is 2.46. The van der Waals surface area contributed by atoms with Crippen LogP contribution in [0, 0.1) is 5.41 Å². The number of methoxy groups -OCH3 is 1. The Morgan fingerprint density at radius 1 is 1.15 bits per heavy atom. The van der Waals surface area contributed by atoms with Crippen molar-refractivity contribution < 1.29 is 19.1 Å². The quantitative estimate of drug-likeness (QED) is 0.732. The molecule has 5 heteroatoms. The minimum atomic E-state index is -0.888. The van der Waals surface area contributed by atoms with Gasteiger partial charge in [-0.2, -0.15) is 0 Å². The predicted octanol–water partition coefficient (Wildman–Crippen LogP) is 3.11. The zero-order chi connectivity index (χ0) is 19.8. The number of hydrogen-bond acceptors (Lipinski definition) is 4. The number of ketones is 1. The van der Waals surface area contributed by atoms with Crippen molar-refractivity contribution in [1.29, 1.82) is 0 Å². The van der Waals surface area contributed by atoms with E-state index in [1.807, 2.05) is 44.2 Å². The molecule has 1 aliphatic rings. The van der Waals surface area contributed by atoms with Crippen molar-refractivity contribution in [2.75, 3.05) is 13.7 Å². The number of esters is 1. The molecule has 2 rings (SSSR count). The maximum atomic E-state index is 13.6. The molecule has 1 heterocycles. The SMILES string of the molecule is COC(=O)C(C)(C)C(C)(C)N1CCC(CC(C)=O)(c2ccccc2)C1=O. The molecule has 1 fully saturated rings. The lowest BCUT2D eigenvalue weighted by Crippen LogP contribution is -2.59. The summed E-state index contributed by atoms with van der Waals surface area (Å²) in [5.74, 6) is -0.478. The van der Waals surface area contributed by atoms with Crippen LogP contribution in [0.1, 0.15) is 53.0 Å². The molecule has 0 aliphatic carbocycles. The summed E-state index contributed by atoms with van der Waals surface area (Å²) in [7, 11) is 1.36. The third-order valence-corrected chi connectivity index (χ3v) is 6.19.